The summed E-state index contributed by atoms with van der Waals surface area (Å²) >= 11 is 3.10. The Morgan fingerprint density at radius 1 is 1.00 bits per heavy atom. The van der Waals surface area contributed by atoms with Gasteiger partial charge in [-0.05, 0) is 34.6 Å². The predicted octanol–water partition coefficient (Wildman–Crippen LogP) is 4.57. The van der Waals surface area contributed by atoms with E-state index in [4.69, 9.17) is 0 Å². The first-order chi connectivity index (χ1) is 9.56. The predicted molar refractivity (Wildman–Crippen MR) is 76.0 cm³/mol. The summed E-state index contributed by atoms with van der Waals surface area (Å²) in [4.78, 5) is 0. The van der Waals surface area contributed by atoms with Crippen LogP contribution in [-0.2, 0) is 0 Å². The maximum absolute atomic E-state index is 14.2. The molecule has 106 valence electrons. The molecule has 1 unspecified atom stereocenters. The highest BCUT2D eigenvalue weighted by Gasteiger charge is 2.22. The Balaban J connectivity index is 2.56. The lowest BCUT2D eigenvalue weighted by Crippen LogP contribution is -2.24. The molecule has 2 aromatic rings. The summed E-state index contributed by atoms with van der Waals surface area (Å²) in [6.45, 7) is 2.31. The lowest BCUT2D eigenvalue weighted by molar-refractivity contribution is 0.477. The molecule has 0 saturated heterocycles. The largest absolute Gasteiger partial charge is 0.306 e. The van der Waals surface area contributed by atoms with E-state index in [1.54, 1.807) is 18.2 Å². The summed E-state index contributed by atoms with van der Waals surface area (Å²) in [6, 6.07) is 7.93. The molecule has 0 spiro atoms. The maximum Gasteiger partial charge on any atom is 0.163 e. The van der Waals surface area contributed by atoms with Gasteiger partial charge >= 0.3 is 0 Å². The van der Waals surface area contributed by atoms with Gasteiger partial charge < -0.3 is 5.32 Å². The Morgan fingerprint density at radius 2 is 1.60 bits per heavy atom. The van der Waals surface area contributed by atoms with Crippen LogP contribution in [0.25, 0.3) is 0 Å². The van der Waals surface area contributed by atoms with Crippen molar-refractivity contribution in [1.29, 1.82) is 0 Å². The van der Waals surface area contributed by atoms with Crippen molar-refractivity contribution in [3.05, 3.63) is 69.4 Å². The number of rotatable bonds is 4. The molecular weight excluding hydrogens is 331 g/mol. The standard InChI is InChI=1S/C15H13BrF3N/c1-2-20-15(9-5-3-7-11(16)13(9)18)10-6-4-8-12(17)14(10)19/h3-8,15,20H,2H2,1H3. The fourth-order valence-electron chi connectivity index (χ4n) is 2.08. The monoisotopic (exact) mass is 343 g/mol. The second kappa shape index (κ2) is 6.41. The molecule has 1 atom stereocenters. The van der Waals surface area contributed by atoms with Crippen LogP contribution in [0.3, 0.4) is 0 Å². The van der Waals surface area contributed by atoms with Gasteiger partial charge in [-0.3, -0.25) is 0 Å². The van der Waals surface area contributed by atoms with Crippen molar-refractivity contribution < 1.29 is 13.2 Å². The topological polar surface area (TPSA) is 12.0 Å². The van der Waals surface area contributed by atoms with Crippen LogP contribution in [0.4, 0.5) is 13.2 Å². The number of hydrogen-bond acceptors (Lipinski definition) is 1. The van der Waals surface area contributed by atoms with E-state index in [2.05, 4.69) is 21.2 Å². The third kappa shape index (κ3) is 2.88. The number of hydrogen-bond donors (Lipinski definition) is 1. The molecule has 1 N–H and O–H groups in total. The average molecular weight is 344 g/mol. The third-order valence-corrected chi connectivity index (χ3v) is 3.61. The quantitative estimate of drug-likeness (QED) is 0.857. The van der Waals surface area contributed by atoms with E-state index in [9.17, 15) is 13.2 Å². The first-order valence-corrected chi connectivity index (χ1v) is 6.96. The molecule has 2 aromatic carbocycles. The Hall–Kier alpha value is -1.33. The minimum absolute atomic E-state index is 0.0869. The number of nitrogens with one attached hydrogen (secondary N) is 1. The van der Waals surface area contributed by atoms with Crippen molar-refractivity contribution in [2.24, 2.45) is 0 Å². The molecule has 0 fully saturated rings. The van der Waals surface area contributed by atoms with Crippen LogP contribution in [0.1, 0.15) is 24.1 Å². The minimum atomic E-state index is -0.960. The van der Waals surface area contributed by atoms with Crippen LogP contribution in [0.15, 0.2) is 40.9 Å². The van der Waals surface area contributed by atoms with Crippen molar-refractivity contribution in [2.75, 3.05) is 6.54 Å². The van der Waals surface area contributed by atoms with E-state index in [-0.39, 0.29) is 15.6 Å². The summed E-state index contributed by atoms with van der Waals surface area (Å²) in [5.41, 5.74) is 0.356. The molecular formula is C15H13BrF3N. The molecule has 1 nitrogen and oxygen atoms in total. The molecule has 0 aliphatic carbocycles. The Bertz CT molecular complexity index is 565. The van der Waals surface area contributed by atoms with Gasteiger partial charge in [0.2, 0.25) is 0 Å². The Labute approximate surface area is 123 Å². The van der Waals surface area contributed by atoms with Gasteiger partial charge in [0.1, 0.15) is 5.82 Å². The number of benzene rings is 2. The van der Waals surface area contributed by atoms with E-state index in [0.717, 1.165) is 6.07 Å². The average Bonchev–Trinajstić information content (AvgIpc) is 2.43. The van der Waals surface area contributed by atoms with Gasteiger partial charge in [-0.2, -0.15) is 0 Å². The van der Waals surface area contributed by atoms with Crippen LogP contribution >= 0.6 is 15.9 Å². The molecule has 0 radical (unpaired) electrons. The van der Waals surface area contributed by atoms with Crippen molar-refractivity contribution in [3.8, 4) is 0 Å². The minimum Gasteiger partial charge on any atom is -0.306 e. The Morgan fingerprint density at radius 3 is 2.25 bits per heavy atom. The molecule has 0 bridgehead atoms. The second-order valence-electron chi connectivity index (χ2n) is 4.28. The van der Waals surface area contributed by atoms with Gasteiger partial charge in [-0.15, -0.1) is 0 Å². The highest BCUT2D eigenvalue weighted by molar-refractivity contribution is 9.10. The van der Waals surface area contributed by atoms with Crippen LogP contribution in [0, 0.1) is 17.5 Å². The summed E-state index contributed by atoms with van der Waals surface area (Å²) in [6.07, 6.45) is 0. The lowest BCUT2D eigenvalue weighted by atomic mass is 9.97. The third-order valence-electron chi connectivity index (χ3n) is 2.99. The van der Waals surface area contributed by atoms with E-state index in [1.807, 2.05) is 6.92 Å². The summed E-state index contributed by atoms with van der Waals surface area (Å²) in [5.74, 6) is -2.39. The van der Waals surface area contributed by atoms with Crippen molar-refractivity contribution in [2.45, 2.75) is 13.0 Å². The number of halogens is 4. The Kier molecular flexibility index (Phi) is 4.83. The van der Waals surface area contributed by atoms with E-state index < -0.39 is 23.5 Å². The summed E-state index contributed by atoms with van der Waals surface area (Å²) in [5, 5.41) is 2.98. The maximum atomic E-state index is 14.2. The van der Waals surface area contributed by atoms with Crippen LogP contribution in [0.5, 0.6) is 0 Å². The molecule has 0 amide bonds. The first kappa shape index (κ1) is 15.1. The van der Waals surface area contributed by atoms with Crippen molar-refractivity contribution in [1.82, 2.24) is 5.32 Å². The molecule has 0 aromatic heterocycles. The van der Waals surface area contributed by atoms with Gasteiger partial charge in [0.15, 0.2) is 11.6 Å². The zero-order valence-electron chi connectivity index (χ0n) is 10.8. The van der Waals surface area contributed by atoms with E-state index in [1.165, 1.54) is 12.1 Å². The van der Waals surface area contributed by atoms with Gasteiger partial charge in [0.05, 0.1) is 10.5 Å². The fourth-order valence-corrected chi connectivity index (χ4v) is 2.46. The van der Waals surface area contributed by atoms with Crippen LogP contribution in [-0.4, -0.2) is 6.54 Å². The SMILES string of the molecule is CCNC(c1cccc(F)c1F)c1cccc(Br)c1F. The summed E-state index contributed by atoms with van der Waals surface area (Å²) in [7, 11) is 0. The zero-order valence-corrected chi connectivity index (χ0v) is 12.3. The lowest BCUT2D eigenvalue weighted by Gasteiger charge is -2.20. The zero-order chi connectivity index (χ0) is 14.7. The van der Waals surface area contributed by atoms with Crippen molar-refractivity contribution in [3.63, 3.8) is 0 Å². The van der Waals surface area contributed by atoms with Crippen molar-refractivity contribution >= 4 is 15.9 Å². The van der Waals surface area contributed by atoms with Gasteiger partial charge in [0, 0.05) is 11.1 Å². The molecule has 0 saturated carbocycles. The van der Waals surface area contributed by atoms with Gasteiger partial charge in [-0.1, -0.05) is 31.2 Å². The highest BCUT2D eigenvalue weighted by atomic mass is 79.9. The highest BCUT2D eigenvalue weighted by Crippen LogP contribution is 2.30. The molecule has 0 aliphatic rings. The van der Waals surface area contributed by atoms with E-state index in [0.29, 0.717) is 6.54 Å². The van der Waals surface area contributed by atoms with Crippen LogP contribution in [0.2, 0.25) is 0 Å². The molecule has 0 heterocycles. The molecule has 2 rings (SSSR count). The van der Waals surface area contributed by atoms with Crippen LogP contribution < -0.4 is 5.32 Å². The van der Waals surface area contributed by atoms with E-state index >= 15 is 0 Å². The summed E-state index contributed by atoms with van der Waals surface area (Å²) < 4.78 is 41.8. The van der Waals surface area contributed by atoms with Gasteiger partial charge in [0.25, 0.3) is 0 Å². The van der Waals surface area contributed by atoms with Gasteiger partial charge in [-0.25, -0.2) is 13.2 Å². The second-order valence-corrected chi connectivity index (χ2v) is 5.13. The first-order valence-electron chi connectivity index (χ1n) is 6.17. The molecule has 20 heavy (non-hydrogen) atoms. The normalized spacial score (nSPS) is 12.4. The molecule has 0 aliphatic heterocycles. The molecule has 5 heteroatoms. The smallest absolute Gasteiger partial charge is 0.163 e. The fraction of sp³-hybridized carbons (Fsp3) is 0.200.